The molecule has 1 heterocycles. The number of imidazole rings is 1. The summed E-state index contributed by atoms with van der Waals surface area (Å²) in [5.41, 5.74) is 2.45. The molecule has 0 aliphatic rings. The van der Waals surface area contributed by atoms with E-state index in [4.69, 9.17) is 4.74 Å². The highest BCUT2D eigenvalue weighted by Gasteiger charge is 2.11. The number of aryl methyl sites for hydroxylation is 1. The maximum atomic E-state index is 13.7. The van der Waals surface area contributed by atoms with Crippen LogP contribution in [-0.2, 0) is 6.54 Å². The molecule has 0 fully saturated rings. The summed E-state index contributed by atoms with van der Waals surface area (Å²) in [6, 6.07) is 4.86. The van der Waals surface area contributed by atoms with Gasteiger partial charge in [0.15, 0.2) is 11.6 Å². The molecule has 0 saturated heterocycles. The van der Waals surface area contributed by atoms with Crippen LogP contribution in [-0.4, -0.2) is 23.6 Å². The zero-order valence-electron chi connectivity index (χ0n) is 11.4. The summed E-state index contributed by atoms with van der Waals surface area (Å²) in [7, 11) is 1.45. The fourth-order valence-electron chi connectivity index (χ4n) is 1.94. The molecule has 0 aliphatic carbocycles. The van der Waals surface area contributed by atoms with Crippen LogP contribution >= 0.6 is 0 Å². The van der Waals surface area contributed by atoms with Crippen molar-refractivity contribution in [2.75, 3.05) is 13.7 Å². The number of benzene rings is 1. The number of aromatic nitrogens is 2. The Kier molecular flexibility index (Phi) is 4.16. The molecular formula is C14H18FN3O. The minimum atomic E-state index is -0.379. The third kappa shape index (κ3) is 2.93. The number of aromatic amines is 1. The quantitative estimate of drug-likeness (QED) is 0.872. The molecule has 1 aromatic carbocycles. The second-order valence-electron chi connectivity index (χ2n) is 4.29. The molecule has 0 spiro atoms. The number of hydrogen-bond acceptors (Lipinski definition) is 3. The Balaban J connectivity index is 2.30. The van der Waals surface area contributed by atoms with Crippen LogP contribution < -0.4 is 10.1 Å². The lowest BCUT2D eigenvalue weighted by Crippen LogP contribution is -2.12. The maximum absolute atomic E-state index is 13.7. The molecule has 0 bridgehead atoms. The maximum Gasteiger partial charge on any atom is 0.165 e. The van der Waals surface area contributed by atoms with Gasteiger partial charge in [-0.15, -0.1) is 0 Å². The SMILES string of the molecule is CCNCc1nc(-c2ccc(OC)c(F)c2)c(C)[nH]1. The topological polar surface area (TPSA) is 49.9 Å². The van der Waals surface area contributed by atoms with Gasteiger partial charge in [-0.2, -0.15) is 0 Å². The lowest BCUT2D eigenvalue weighted by molar-refractivity contribution is 0.386. The Morgan fingerprint density at radius 2 is 2.21 bits per heavy atom. The number of halogens is 1. The lowest BCUT2D eigenvalue weighted by Gasteiger charge is -2.03. The van der Waals surface area contributed by atoms with Crippen molar-refractivity contribution in [3.8, 4) is 17.0 Å². The fraction of sp³-hybridized carbons (Fsp3) is 0.357. The molecule has 102 valence electrons. The van der Waals surface area contributed by atoms with Gasteiger partial charge in [-0.25, -0.2) is 9.37 Å². The third-order valence-corrected chi connectivity index (χ3v) is 2.90. The van der Waals surface area contributed by atoms with Crippen LogP contribution in [0.2, 0.25) is 0 Å². The Bertz CT molecular complexity index is 566. The smallest absolute Gasteiger partial charge is 0.165 e. The average Bonchev–Trinajstić information content (AvgIpc) is 2.77. The van der Waals surface area contributed by atoms with Crippen molar-refractivity contribution in [1.29, 1.82) is 0 Å². The monoisotopic (exact) mass is 263 g/mol. The van der Waals surface area contributed by atoms with Crippen molar-refractivity contribution >= 4 is 0 Å². The van der Waals surface area contributed by atoms with Gasteiger partial charge in [0.25, 0.3) is 0 Å². The third-order valence-electron chi connectivity index (χ3n) is 2.90. The minimum absolute atomic E-state index is 0.241. The van der Waals surface area contributed by atoms with E-state index in [2.05, 4.69) is 15.3 Å². The Labute approximate surface area is 112 Å². The molecule has 19 heavy (non-hydrogen) atoms. The second kappa shape index (κ2) is 5.84. The number of methoxy groups -OCH3 is 1. The number of rotatable bonds is 5. The van der Waals surface area contributed by atoms with Gasteiger partial charge in [0.1, 0.15) is 5.82 Å². The van der Waals surface area contributed by atoms with Crippen molar-refractivity contribution < 1.29 is 9.13 Å². The molecule has 0 saturated carbocycles. The molecule has 2 rings (SSSR count). The summed E-state index contributed by atoms with van der Waals surface area (Å²) < 4.78 is 18.6. The van der Waals surface area contributed by atoms with Crippen LogP contribution in [0.15, 0.2) is 18.2 Å². The van der Waals surface area contributed by atoms with E-state index >= 15 is 0 Å². The van der Waals surface area contributed by atoms with E-state index in [1.165, 1.54) is 13.2 Å². The molecule has 0 atom stereocenters. The fourth-order valence-corrected chi connectivity index (χ4v) is 1.94. The number of ether oxygens (including phenoxy) is 1. The summed E-state index contributed by atoms with van der Waals surface area (Å²) in [5, 5.41) is 3.20. The largest absolute Gasteiger partial charge is 0.494 e. The first-order chi connectivity index (χ1) is 9.15. The van der Waals surface area contributed by atoms with Gasteiger partial charge >= 0.3 is 0 Å². The zero-order chi connectivity index (χ0) is 13.8. The van der Waals surface area contributed by atoms with Crippen LogP contribution in [0, 0.1) is 12.7 Å². The van der Waals surface area contributed by atoms with Crippen LogP contribution in [0.25, 0.3) is 11.3 Å². The number of H-pyrrole nitrogens is 1. The highest BCUT2D eigenvalue weighted by Crippen LogP contribution is 2.26. The Morgan fingerprint density at radius 1 is 1.42 bits per heavy atom. The van der Waals surface area contributed by atoms with Gasteiger partial charge in [-0.05, 0) is 31.7 Å². The predicted octanol–water partition coefficient (Wildman–Crippen LogP) is 2.64. The molecule has 0 aliphatic heterocycles. The highest BCUT2D eigenvalue weighted by atomic mass is 19.1. The lowest BCUT2D eigenvalue weighted by atomic mass is 10.1. The molecule has 1 aromatic heterocycles. The summed E-state index contributed by atoms with van der Waals surface area (Å²) in [5.74, 6) is 0.714. The molecule has 0 amide bonds. The summed E-state index contributed by atoms with van der Waals surface area (Å²) >= 11 is 0. The van der Waals surface area contributed by atoms with Crippen molar-refractivity contribution in [3.63, 3.8) is 0 Å². The highest BCUT2D eigenvalue weighted by molar-refractivity contribution is 5.63. The van der Waals surface area contributed by atoms with Gasteiger partial charge in [0, 0.05) is 11.3 Å². The molecule has 2 N–H and O–H groups in total. The zero-order valence-corrected chi connectivity index (χ0v) is 11.4. The van der Waals surface area contributed by atoms with Gasteiger partial charge in [0.05, 0.1) is 19.3 Å². The van der Waals surface area contributed by atoms with E-state index in [9.17, 15) is 4.39 Å². The molecule has 0 unspecified atom stereocenters. The number of nitrogens with zero attached hydrogens (tertiary/aromatic N) is 1. The van der Waals surface area contributed by atoms with E-state index in [1.54, 1.807) is 6.07 Å². The van der Waals surface area contributed by atoms with Crippen molar-refractivity contribution in [2.45, 2.75) is 20.4 Å². The summed E-state index contributed by atoms with van der Waals surface area (Å²) in [6.45, 7) is 5.53. The van der Waals surface area contributed by atoms with Gasteiger partial charge < -0.3 is 15.0 Å². The van der Waals surface area contributed by atoms with Crippen LogP contribution in [0.1, 0.15) is 18.4 Å². The first kappa shape index (κ1) is 13.5. The van der Waals surface area contributed by atoms with E-state index in [0.29, 0.717) is 6.54 Å². The second-order valence-corrected chi connectivity index (χ2v) is 4.29. The first-order valence-electron chi connectivity index (χ1n) is 6.25. The minimum Gasteiger partial charge on any atom is -0.494 e. The molecule has 5 heteroatoms. The van der Waals surface area contributed by atoms with Gasteiger partial charge in [-0.1, -0.05) is 6.92 Å². The Hall–Kier alpha value is -1.88. The molecule has 2 aromatic rings. The van der Waals surface area contributed by atoms with E-state index in [0.717, 1.165) is 29.3 Å². The van der Waals surface area contributed by atoms with Crippen molar-refractivity contribution in [1.82, 2.24) is 15.3 Å². The van der Waals surface area contributed by atoms with Crippen LogP contribution in [0.4, 0.5) is 4.39 Å². The van der Waals surface area contributed by atoms with E-state index in [-0.39, 0.29) is 11.6 Å². The van der Waals surface area contributed by atoms with Gasteiger partial charge in [0.2, 0.25) is 0 Å². The standard InChI is InChI=1S/C14H18FN3O/c1-4-16-8-13-17-9(2)14(18-13)10-5-6-12(19-3)11(15)7-10/h5-7,16H,4,8H2,1-3H3,(H,17,18). The first-order valence-corrected chi connectivity index (χ1v) is 6.25. The van der Waals surface area contributed by atoms with Gasteiger partial charge in [-0.3, -0.25) is 0 Å². The number of hydrogen-bond donors (Lipinski definition) is 2. The van der Waals surface area contributed by atoms with Crippen molar-refractivity contribution in [2.24, 2.45) is 0 Å². The van der Waals surface area contributed by atoms with E-state index in [1.807, 2.05) is 19.9 Å². The van der Waals surface area contributed by atoms with E-state index < -0.39 is 0 Å². The Morgan fingerprint density at radius 3 is 2.84 bits per heavy atom. The normalized spacial score (nSPS) is 10.7. The molecule has 4 nitrogen and oxygen atoms in total. The molecule has 0 radical (unpaired) electrons. The average molecular weight is 263 g/mol. The summed E-state index contributed by atoms with van der Waals surface area (Å²) in [4.78, 5) is 7.69. The van der Waals surface area contributed by atoms with Crippen molar-refractivity contribution in [3.05, 3.63) is 35.5 Å². The summed E-state index contributed by atoms with van der Waals surface area (Å²) in [6.07, 6.45) is 0. The van der Waals surface area contributed by atoms with Crippen LogP contribution in [0.5, 0.6) is 5.75 Å². The predicted molar refractivity (Wildman–Crippen MR) is 72.7 cm³/mol. The number of nitrogens with one attached hydrogen (secondary N) is 2. The van der Waals surface area contributed by atoms with Crippen LogP contribution in [0.3, 0.4) is 0 Å². The molecular weight excluding hydrogens is 245 g/mol.